The van der Waals surface area contributed by atoms with Crippen LogP contribution in [0, 0.1) is 6.92 Å². The summed E-state index contributed by atoms with van der Waals surface area (Å²) >= 11 is 0. The van der Waals surface area contributed by atoms with Gasteiger partial charge < -0.3 is 5.32 Å². The Morgan fingerprint density at radius 2 is 1.81 bits per heavy atom. The van der Waals surface area contributed by atoms with Gasteiger partial charge in [0, 0.05) is 5.56 Å². The third kappa shape index (κ3) is 4.33. The molecule has 1 N–H and O–H groups in total. The van der Waals surface area contributed by atoms with Gasteiger partial charge in [0.05, 0.1) is 6.04 Å². The molecule has 1 atom stereocenters. The molecule has 0 spiro atoms. The predicted molar refractivity (Wildman–Crippen MR) is 100 cm³/mol. The molecule has 1 aromatic heterocycles. The quantitative estimate of drug-likeness (QED) is 0.742. The molecular weight excluding hydrogens is 326 g/mol. The average molecular weight is 349 g/mol. The highest BCUT2D eigenvalue weighted by molar-refractivity contribution is 5.76. The number of hydrogen-bond acceptors (Lipinski definition) is 4. The van der Waals surface area contributed by atoms with Crippen LogP contribution in [0.15, 0.2) is 48.5 Å². The lowest BCUT2D eigenvalue weighted by Gasteiger charge is -2.14. The normalized spacial score (nSPS) is 12.0. The van der Waals surface area contributed by atoms with Crippen molar-refractivity contribution in [3.8, 4) is 11.4 Å². The van der Waals surface area contributed by atoms with Gasteiger partial charge in [-0.15, -0.1) is 10.2 Å². The maximum atomic E-state index is 12.3. The predicted octanol–water partition coefficient (Wildman–Crippen LogP) is 3.09. The van der Waals surface area contributed by atoms with Crippen molar-refractivity contribution in [1.29, 1.82) is 0 Å². The van der Waals surface area contributed by atoms with E-state index in [9.17, 15) is 4.79 Å². The molecule has 6 nitrogen and oxygen atoms in total. The number of tetrazole rings is 1. The Labute approximate surface area is 153 Å². The van der Waals surface area contributed by atoms with Crippen LogP contribution in [-0.2, 0) is 17.8 Å². The average Bonchev–Trinajstić information content (AvgIpc) is 3.10. The summed E-state index contributed by atoms with van der Waals surface area (Å²) in [7, 11) is 0. The minimum atomic E-state index is -0.148. The van der Waals surface area contributed by atoms with Gasteiger partial charge in [-0.2, -0.15) is 4.80 Å². The Balaban J connectivity index is 1.60. The van der Waals surface area contributed by atoms with E-state index in [0.29, 0.717) is 5.82 Å². The van der Waals surface area contributed by atoms with Crippen LogP contribution >= 0.6 is 0 Å². The number of aryl methyl sites for hydroxylation is 2. The van der Waals surface area contributed by atoms with Crippen LogP contribution in [0.4, 0.5) is 0 Å². The third-order valence-corrected chi connectivity index (χ3v) is 4.31. The second-order valence-electron chi connectivity index (χ2n) is 6.39. The molecule has 0 fully saturated rings. The van der Waals surface area contributed by atoms with Crippen LogP contribution in [0.3, 0.4) is 0 Å². The van der Waals surface area contributed by atoms with Gasteiger partial charge in [-0.05, 0) is 36.6 Å². The Morgan fingerprint density at radius 1 is 1.12 bits per heavy atom. The molecule has 0 bridgehead atoms. The third-order valence-electron chi connectivity index (χ3n) is 4.31. The molecule has 134 valence electrons. The zero-order valence-electron chi connectivity index (χ0n) is 15.3. The first kappa shape index (κ1) is 17.8. The van der Waals surface area contributed by atoms with E-state index in [1.54, 1.807) is 0 Å². The number of hydrogen-bond donors (Lipinski definition) is 1. The molecule has 2 aromatic carbocycles. The maximum Gasteiger partial charge on any atom is 0.244 e. The number of nitrogens with zero attached hydrogens (tertiary/aromatic N) is 4. The van der Waals surface area contributed by atoms with E-state index in [1.807, 2.05) is 50.2 Å². The van der Waals surface area contributed by atoms with Crippen LogP contribution < -0.4 is 5.32 Å². The zero-order valence-corrected chi connectivity index (χ0v) is 15.3. The fraction of sp³-hybridized carbons (Fsp3) is 0.300. The first-order valence-corrected chi connectivity index (χ1v) is 8.78. The molecule has 3 rings (SSSR count). The molecule has 0 aliphatic carbocycles. The van der Waals surface area contributed by atoms with Gasteiger partial charge >= 0.3 is 0 Å². The molecule has 6 heteroatoms. The minimum Gasteiger partial charge on any atom is -0.348 e. The van der Waals surface area contributed by atoms with E-state index >= 15 is 0 Å². The second-order valence-corrected chi connectivity index (χ2v) is 6.39. The smallest absolute Gasteiger partial charge is 0.244 e. The highest BCUT2D eigenvalue weighted by Gasteiger charge is 2.12. The van der Waals surface area contributed by atoms with Crippen molar-refractivity contribution in [3.05, 3.63) is 65.2 Å². The summed E-state index contributed by atoms with van der Waals surface area (Å²) in [5.74, 6) is 0.367. The second kappa shape index (κ2) is 7.91. The number of benzene rings is 2. The largest absolute Gasteiger partial charge is 0.348 e. The van der Waals surface area contributed by atoms with Crippen molar-refractivity contribution in [1.82, 2.24) is 25.5 Å². The first-order valence-electron chi connectivity index (χ1n) is 8.78. The minimum absolute atomic E-state index is 0.0379. The van der Waals surface area contributed by atoms with Crippen molar-refractivity contribution in [2.24, 2.45) is 0 Å². The highest BCUT2D eigenvalue weighted by Crippen LogP contribution is 2.15. The first-order chi connectivity index (χ1) is 12.5. The van der Waals surface area contributed by atoms with Crippen LogP contribution in [0.5, 0.6) is 0 Å². The van der Waals surface area contributed by atoms with Gasteiger partial charge in [0.25, 0.3) is 0 Å². The molecule has 0 aliphatic rings. The van der Waals surface area contributed by atoms with Crippen LogP contribution in [0.25, 0.3) is 11.4 Å². The molecule has 0 unspecified atom stereocenters. The Morgan fingerprint density at radius 3 is 2.46 bits per heavy atom. The van der Waals surface area contributed by atoms with Gasteiger partial charge in [-0.25, -0.2) is 0 Å². The van der Waals surface area contributed by atoms with Crippen molar-refractivity contribution >= 4 is 5.91 Å². The summed E-state index contributed by atoms with van der Waals surface area (Å²) in [4.78, 5) is 13.6. The lowest BCUT2D eigenvalue weighted by Crippen LogP contribution is -2.30. The van der Waals surface area contributed by atoms with Crippen molar-refractivity contribution in [2.75, 3.05) is 0 Å². The summed E-state index contributed by atoms with van der Waals surface area (Å²) in [5, 5.41) is 15.3. The Kier molecular flexibility index (Phi) is 5.41. The molecule has 0 aliphatic heterocycles. The van der Waals surface area contributed by atoms with Gasteiger partial charge in [0.2, 0.25) is 11.7 Å². The summed E-state index contributed by atoms with van der Waals surface area (Å²) in [5.41, 5.74) is 4.40. The standard InChI is InChI=1S/C20H23N5O/c1-4-16-7-11-17(12-8-16)15(3)21-19(26)13-25-23-20(22-24-25)18-9-5-14(2)6-10-18/h5-12,15H,4,13H2,1-3H3,(H,21,26)/t15-/m0/s1. The zero-order chi connectivity index (χ0) is 18.5. The molecule has 0 saturated heterocycles. The summed E-state index contributed by atoms with van der Waals surface area (Å²) in [6.45, 7) is 6.15. The van der Waals surface area contributed by atoms with Gasteiger partial charge in [-0.1, -0.05) is 61.0 Å². The lowest BCUT2D eigenvalue weighted by atomic mass is 10.1. The molecule has 3 aromatic rings. The summed E-state index contributed by atoms with van der Waals surface area (Å²) < 4.78 is 0. The van der Waals surface area contributed by atoms with E-state index < -0.39 is 0 Å². The topological polar surface area (TPSA) is 72.7 Å². The number of carbonyl (C=O) groups is 1. The van der Waals surface area contributed by atoms with Gasteiger partial charge in [0.1, 0.15) is 6.54 Å². The summed E-state index contributed by atoms with van der Waals surface area (Å²) in [6, 6.07) is 16.1. The SMILES string of the molecule is CCc1ccc([C@H](C)NC(=O)Cn2nnc(-c3ccc(C)cc3)n2)cc1. The number of aromatic nitrogens is 4. The van der Waals surface area contributed by atoms with E-state index in [-0.39, 0.29) is 18.5 Å². The number of nitrogens with one attached hydrogen (secondary N) is 1. The number of amides is 1. The van der Waals surface area contributed by atoms with Gasteiger partial charge in [-0.3, -0.25) is 4.79 Å². The van der Waals surface area contributed by atoms with Crippen molar-refractivity contribution in [3.63, 3.8) is 0 Å². The molecule has 1 amide bonds. The lowest BCUT2D eigenvalue weighted by molar-refractivity contribution is -0.122. The molecule has 0 radical (unpaired) electrons. The monoisotopic (exact) mass is 349 g/mol. The molecular formula is C20H23N5O. The highest BCUT2D eigenvalue weighted by atomic mass is 16.2. The van der Waals surface area contributed by atoms with Crippen LogP contribution in [0.1, 0.15) is 36.6 Å². The molecule has 0 saturated carbocycles. The maximum absolute atomic E-state index is 12.3. The Bertz CT molecular complexity index is 868. The van der Waals surface area contributed by atoms with Crippen molar-refractivity contribution < 1.29 is 4.79 Å². The van der Waals surface area contributed by atoms with Crippen LogP contribution in [0.2, 0.25) is 0 Å². The Hall–Kier alpha value is -3.02. The van der Waals surface area contributed by atoms with E-state index in [0.717, 1.165) is 17.5 Å². The fourth-order valence-corrected chi connectivity index (χ4v) is 2.67. The molecule has 26 heavy (non-hydrogen) atoms. The van der Waals surface area contributed by atoms with E-state index in [1.165, 1.54) is 15.9 Å². The van der Waals surface area contributed by atoms with Crippen LogP contribution in [-0.4, -0.2) is 26.1 Å². The fourth-order valence-electron chi connectivity index (χ4n) is 2.67. The number of carbonyl (C=O) groups excluding carboxylic acids is 1. The summed E-state index contributed by atoms with van der Waals surface area (Å²) in [6.07, 6.45) is 1.00. The van der Waals surface area contributed by atoms with E-state index in [2.05, 4.69) is 39.8 Å². The van der Waals surface area contributed by atoms with Crippen molar-refractivity contribution in [2.45, 2.75) is 39.8 Å². The molecule has 1 heterocycles. The van der Waals surface area contributed by atoms with Gasteiger partial charge in [0.15, 0.2) is 0 Å². The number of rotatable bonds is 6. The van der Waals surface area contributed by atoms with E-state index in [4.69, 9.17) is 0 Å².